The summed E-state index contributed by atoms with van der Waals surface area (Å²) < 4.78 is 47.5. The second-order valence-corrected chi connectivity index (χ2v) is 12.6. The Bertz CT molecular complexity index is 1830. The van der Waals surface area contributed by atoms with Crippen molar-refractivity contribution < 1.29 is 22.3 Å². The molecule has 1 aliphatic carbocycles. The summed E-state index contributed by atoms with van der Waals surface area (Å²) in [6.07, 6.45) is 7.14. The van der Waals surface area contributed by atoms with Crippen molar-refractivity contribution >= 4 is 26.7 Å². The lowest BCUT2D eigenvalue weighted by Crippen LogP contribution is -2.28. The number of nitrogens with zero attached hydrogens (tertiary/aromatic N) is 2. The molecule has 0 aliphatic heterocycles. The van der Waals surface area contributed by atoms with E-state index < -0.39 is 20.6 Å². The lowest BCUT2D eigenvalue weighted by atomic mass is 9.94. The summed E-state index contributed by atoms with van der Waals surface area (Å²) in [7, 11) is -2.37. The summed E-state index contributed by atoms with van der Waals surface area (Å²) in [5.74, 6) is -0.453. The monoisotopic (exact) mass is 563 g/mol. The van der Waals surface area contributed by atoms with Gasteiger partial charge in [-0.25, -0.2) is 16.8 Å². The molecule has 1 aliphatic rings. The van der Waals surface area contributed by atoms with Gasteiger partial charge in [-0.2, -0.15) is 0 Å². The van der Waals surface area contributed by atoms with Gasteiger partial charge in [0.15, 0.2) is 5.78 Å². The molecule has 0 amide bonds. The second-order valence-electron chi connectivity index (χ2n) is 10.4. The number of aromatic amines is 1. The van der Waals surface area contributed by atoms with Crippen LogP contribution in [0.3, 0.4) is 0 Å². The van der Waals surface area contributed by atoms with Crippen LogP contribution in [-0.2, 0) is 16.4 Å². The van der Waals surface area contributed by atoms with Gasteiger partial charge in [0.05, 0.1) is 29.1 Å². The molecule has 4 aromatic rings. The number of halogens is 1. The maximum Gasteiger partial charge on any atom is 0.255 e. The average molecular weight is 564 g/mol. The van der Waals surface area contributed by atoms with Gasteiger partial charge in [-0.05, 0) is 74.9 Å². The highest BCUT2D eigenvalue weighted by atomic mass is 32.2. The maximum absolute atomic E-state index is 14.1. The number of H-pyrrole nitrogens is 1. The van der Waals surface area contributed by atoms with Crippen molar-refractivity contribution in [2.24, 2.45) is 0 Å². The number of carbonyl (C=O) groups excluding carboxylic acids is 1. The summed E-state index contributed by atoms with van der Waals surface area (Å²) in [4.78, 5) is 33.0. The number of Topliss-reactive ketones (excluding diaryl/α,β-unsaturated/α-hetero) is 1. The van der Waals surface area contributed by atoms with E-state index >= 15 is 0 Å². The van der Waals surface area contributed by atoms with Gasteiger partial charge in [0.1, 0.15) is 11.6 Å². The number of benzene rings is 1. The van der Waals surface area contributed by atoms with Crippen molar-refractivity contribution in [2.45, 2.75) is 50.7 Å². The van der Waals surface area contributed by atoms with Gasteiger partial charge >= 0.3 is 0 Å². The molecule has 0 radical (unpaired) electrons. The first-order valence-electron chi connectivity index (χ1n) is 12.9. The molecule has 1 saturated carbocycles. The molecule has 0 bridgehead atoms. The Hall–Kier alpha value is -4.05. The molecule has 0 unspecified atom stereocenters. The zero-order chi connectivity index (χ0) is 28.8. The Morgan fingerprint density at radius 3 is 2.60 bits per heavy atom. The van der Waals surface area contributed by atoms with Crippen molar-refractivity contribution in [3.05, 3.63) is 94.1 Å². The van der Waals surface area contributed by atoms with Crippen molar-refractivity contribution in [1.82, 2.24) is 13.9 Å². The quantitative estimate of drug-likeness (QED) is 0.208. The average Bonchev–Trinajstić information content (AvgIpc) is 3.63. The molecule has 5 rings (SSSR count). The van der Waals surface area contributed by atoms with Crippen LogP contribution in [0.2, 0.25) is 0 Å². The molecular weight excluding hydrogens is 533 g/mol. The van der Waals surface area contributed by atoms with Crippen LogP contribution in [0.25, 0.3) is 22.0 Å². The van der Waals surface area contributed by atoms with Crippen LogP contribution in [0.15, 0.2) is 60.3 Å². The van der Waals surface area contributed by atoms with Gasteiger partial charge in [-0.1, -0.05) is 6.08 Å². The van der Waals surface area contributed by atoms with Gasteiger partial charge < -0.3 is 9.72 Å². The first-order valence-corrected chi connectivity index (χ1v) is 14.4. The highest BCUT2D eigenvalue weighted by molar-refractivity contribution is 7.91. The van der Waals surface area contributed by atoms with Crippen LogP contribution < -0.4 is 10.3 Å². The number of nitrogens with one attached hydrogen (secondary N) is 1. The third-order valence-corrected chi connectivity index (χ3v) is 10.1. The van der Waals surface area contributed by atoms with Gasteiger partial charge in [0.2, 0.25) is 10.0 Å². The number of methoxy groups -OCH3 is 1. The molecule has 3 heterocycles. The van der Waals surface area contributed by atoms with E-state index in [2.05, 4.69) is 16.5 Å². The number of allylic oxidation sites excluding steroid dienone is 1. The molecule has 3 aromatic heterocycles. The van der Waals surface area contributed by atoms with Gasteiger partial charge in [0, 0.05) is 41.0 Å². The largest absolute Gasteiger partial charge is 0.496 e. The predicted molar refractivity (Wildman–Crippen MR) is 152 cm³/mol. The van der Waals surface area contributed by atoms with Crippen LogP contribution >= 0.6 is 0 Å². The summed E-state index contributed by atoms with van der Waals surface area (Å²) in [6.45, 7) is 7.23. The molecule has 1 fully saturated rings. The van der Waals surface area contributed by atoms with E-state index in [1.165, 1.54) is 23.3 Å². The second kappa shape index (κ2) is 10.2. The van der Waals surface area contributed by atoms with Gasteiger partial charge in [0.25, 0.3) is 5.56 Å². The van der Waals surface area contributed by atoms with E-state index in [1.54, 1.807) is 44.3 Å². The molecule has 0 atom stereocenters. The topological polar surface area (TPSA) is 111 Å². The number of carbonyl (C=O) groups is 1. The van der Waals surface area contributed by atoms with Crippen molar-refractivity contribution in [1.29, 1.82) is 0 Å². The minimum atomic E-state index is -3.84. The van der Waals surface area contributed by atoms with E-state index in [4.69, 9.17) is 4.74 Å². The van der Waals surface area contributed by atoms with E-state index in [0.29, 0.717) is 69.4 Å². The van der Waals surface area contributed by atoms with Gasteiger partial charge in [-0.15, -0.1) is 6.58 Å². The number of ether oxygens (including phenoxy) is 1. The molecule has 208 valence electrons. The number of rotatable bonds is 10. The molecule has 1 N–H and O–H groups in total. The molecule has 0 saturated heterocycles. The highest BCUT2D eigenvalue weighted by Gasteiger charge is 2.54. The first kappa shape index (κ1) is 27.5. The van der Waals surface area contributed by atoms with E-state index in [1.807, 2.05) is 0 Å². The van der Waals surface area contributed by atoms with Crippen LogP contribution in [-0.4, -0.2) is 40.0 Å². The van der Waals surface area contributed by atoms with Crippen molar-refractivity contribution in [2.75, 3.05) is 7.11 Å². The SMILES string of the molecule is C=CCC1(S(=O)(=O)n2cc(C)c3c(C(=O)CCc4c(OC)cc(C)[nH]c4=O)cc(-c4cncc(F)c4)cc32)CC1. The van der Waals surface area contributed by atoms with Crippen molar-refractivity contribution in [3.63, 3.8) is 0 Å². The minimum Gasteiger partial charge on any atom is -0.496 e. The molecular formula is C30H30FN3O5S. The van der Waals surface area contributed by atoms with Crippen LogP contribution in [0, 0.1) is 19.7 Å². The summed E-state index contributed by atoms with van der Waals surface area (Å²) in [6, 6.07) is 6.28. The predicted octanol–water partition coefficient (Wildman–Crippen LogP) is 5.26. The van der Waals surface area contributed by atoms with E-state index in [0.717, 1.165) is 6.20 Å². The fourth-order valence-corrected chi connectivity index (χ4v) is 7.40. The summed E-state index contributed by atoms with van der Waals surface area (Å²) in [5, 5.41) is 0.501. The number of fused-ring (bicyclic) bond motifs is 1. The van der Waals surface area contributed by atoms with Crippen LogP contribution in [0.5, 0.6) is 5.75 Å². The number of aryl methyl sites for hydroxylation is 2. The highest BCUT2D eigenvalue weighted by Crippen LogP contribution is 2.49. The fraction of sp³-hybridized carbons (Fsp3) is 0.300. The molecule has 10 heteroatoms. The molecule has 0 spiro atoms. The number of pyridine rings is 2. The Morgan fingerprint density at radius 2 is 1.95 bits per heavy atom. The number of ketones is 1. The standard InChI is InChI=1S/C30H30FN3O5S/c1-5-8-30(9-10-30)40(37,38)34-17-18(2)28-24(13-20(14-25(28)34)21-12-22(31)16-32-15-21)26(35)7-6-23-27(39-4)11-19(3)33-29(23)36/h5,11-17H,1,6-10H2,2-4H3,(H,33,36). The lowest BCUT2D eigenvalue weighted by Gasteiger charge is -2.17. The Balaban J connectivity index is 1.66. The molecule has 8 nitrogen and oxygen atoms in total. The number of hydrogen-bond acceptors (Lipinski definition) is 6. The normalized spacial score (nSPS) is 14.3. The van der Waals surface area contributed by atoms with E-state index in [-0.39, 0.29) is 24.2 Å². The maximum atomic E-state index is 14.1. The summed E-state index contributed by atoms with van der Waals surface area (Å²) >= 11 is 0. The number of aromatic nitrogens is 3. The Labute approximate surface area is 231 Å². The first-order chi connectivity index (χ1) is 19.0. The minimum absolute atomic E-state index is 0.0276. The van der Waals surface area contributed by atoms with E-state index in [9.17, 15) is 22.4 Å². The lowest BCUT2D eigenvalue weighted by molar-refractivity contribution is 0.0984. The van der Waals surface area contributed by atoms with Gasteiger partial charge in [-0.3, -0.25) is 14.6 Å². The number of hydrogen-bond donors (Lipinski definition) is 1. The fourth-order valence-electron chi connectivity index (χ4n) is 5.34. The van der Waals surface area contributed by atoms with Crippen LogP contribution in [0.1, 0.15) is 52.9 Å². The summed E-state index contributed by atoms with van der Waals surface area (Å²) in [5.41, 5.74) is 2.76. The molecule has 1 aromatic carbocycles. The zero-order valence-corrected chi connectivity index (χ0v) is 23.4. The zero-order valence-electron chi connectivity index (χ0n) is 22.6. The smallest absolute Gasteiger partial charge is 0.255 e. The Kier molecular flexibility index (Phi) is 6.99. The Morgan fingerprint density at radius 1 is 1.20 bits per heavy atom. The third kappa shape index (κ3) is 4.66. The van der Waals surface area contributed by atoms with Crippen molar-refractivity contribution in [3.8, 4) is 16.9 Å². The third-order valence-electron chi connectivity index (χ3n) is 7.58. The molecule has 40 heavy (non-hydrogen) atoms. The van der Waals surface area contributed by atoms with Crippen LogP contribution in [0.4, 0.5) is 4.39 Å².